The maximum Gasteiger partial charge on any atom is 0.412 e. The lowest BCUT2D eigenvalue weighted by molar-refractivity contribution is 0.162. The summed E-state index contributed by atoms with van der Waals surface area (Å²) in [5, 5.41) is 5.82. The van der Waals surface area contributed by atoms with Crippen LogP contribution >= 0.6 is 0 Å². The molecule has 9 nitrogen and oxygen atoms in total. The zero-order chi connectivity index (χ0) is 30.1. The van der Waals surface area contributed by atoms with Crippen LogP contribution in [0.25, 0.3) is 11.1 Å². The first kappa shape index (κ1) is 30.3. The average Bonchev–Trinajstić information content (AvgIpc) is 2.97. The Morgan fingerprint density at radius 2 is 1.69 bits per heavy atom. The standard InChI is InChI=1S/C33H39N5O4/c1-22-10-15-27(24(3)23(22)2)28-8-7-9-30(40-6)29(28)17-20-42-33(39)37-31-16-18-34-32(36-31)35-25-11-13-26(14-12-25)41-21-19-38(4)5/h7-16,18H,17,19-21H2,1-6H3,(H2,34,35,36,37,39). The number of amides is 1. The average molecular weight is 570 g/mol. The lowest BCUT2D eigenvalue weighted by Crippen LogP contribution is -2.19. The first-order chi connectivity index (χ1) is 20.2. The number of aromatic nitrogens is 2. The number of hydrogen-bond donors (Lipinski definition) is 2. The minimum absolute atomic E-state index is 0.169. The van der Waals surface area contributed by atoms with Crippen molar-refractivity contribution >= 4 is 23.5 Å². The van der Waals surface area contributed by atoms with Crippen molar-refractivity contribution in [2.75, 3.05) is 51.6 Å². The van der Waals surface area contributed by atoms with Gasteiger partial charge in [-0.05, 0) is 99.1 Å². The third-order valence-corrected chi connectivity index (χ3v) is 7.09. The Hall–Kier alpha value is -4.63. The Balaban J connectivity index is 1.35. The van der Waals surface area contributed by atoms with Gasteiger partial charge >= 0.3 is 6.09 Å². The molecule has 1 aromatic heterocycles. The SMILES string of the molecule is COc1cccc(-c2ccc(C)c(C)c2C)c1CCOC(=O)Nc1ccnc(Nc2ccc(OCCN(C)C)cc2)n1. The van der Waals surface area contributed by atoms with Crippen LogP contribution in [0.15, 0.2) is 66.9 Å². The molecule has 0 aliphatic rings. The molecule has 0 atom stereocenters. The van der Waals surface area contributed by atoms with Gasteiger partial charge in [-0.3, -0.25) is 5.32 Å². The molecule has 0 spiro atoms. The first-order valence-electron chi connectivity index (χ1n) is 13.9. The molecular formula is C33H39N5O4. The largest absolute Gasteiger partial charge is 0.496 e. The van der Waals surface area contributed by atoms with E-state index in [1.165, 1.54) is 16.7 Å². The van der Waals surface area contributed by atoms with E-state index in [-0.39, 0.29) is 6.61 Å². The van der Waals surface area contributed by atoms with Gasteiger partial charge in [0.25, 0.3) is 0 Å². The highest BCUT2D eigenvalue weighted by Crippen LogP contribution is 2.35. The van der Waals surface area contributed by atoms with Crippen molar-refractivity contribution in [3.05, 3.63) is 89.1 Å². The van der Waals surface area contributed by atoms with Gasteiger partial charge in [0.2, 0.25) is 5.95 Å². The van der Waals surface area contributed by atoms with E-state index in [9.17, 15) is 4.79 Å². The Bertz CT molecular complexity index is 1510. The third kappa shape index (κ3) is 7.98. The van der Waals surface area contributed by atoms with Crippen LogP contribution in [0.3, 0.4) is 0 Å². The quantitative estimate of drug-likeness (QED) is 0.198. The number of hydrogen-bond acceptors (Lipinski definition) is 8. The van der Waals surface area contributed by atoms with Crippen LogP contribution in [0.5, 0.6) is 11.5 Å². The lowest BCUT2D eigenvalue weighted by Gasteiger charge is -2.18. The van der Waals surface area contributed by atoms with Gasteiger partial charge in [-0.25, -0.2) is 9.78 Å². The highest BCUT2D eigenvalue weighted by atomic mass is 16.5. The van der Waals surface area contributed by atoms with Crippen LogP contribution in [0.2, 0.25) is 0 Å². The molecule has 0 radical (unpaired) electrons. The maximum absolute atomic E-state index is 12.6. The fraction of sp³-hybridized carbons (Fsp3) is 0.303. The van der Waals surface area contributed by atoms with Gasteiger partial charge in [0.15, 0.2) is 0 Å². The zero-order valence-corrected chi connectivity index (χ0v) is 25.2. The molecule has 0 saturated carbocycles. The normalized spacial score (nSPS) is 10.8. The lowest BCUT2D eigenvalue weighted by atomic mass is 9.90. The van der Waals surface area contributed by atoms with Crippen LogP contribution in [-0.4, -0.2) is 61.9 Å². The number of ether oxygens (including phenoxy) is 3. The number of benzene rings is 3. The van der Waals surface area contributed by atoms with E-state index in [0.29, 0.717) is 24.8 Å². The van der Waals surface area contributed by atoms with E-state index >= 15 is 0 Å². The van der Waals surface area contributed by atoms with Crippen molar-refractivity contribution in [3.8, 4) is 22.6 Å². The van der Waals surface area contributed by atoms with Gasteiger partial charge in [-0.15, -0.1) is 0 Å². The molecule has 9 heteroatoms. The molecule has 3 aromatic carbocycles. The van der Waals surface area contributed by atoms with Crippen LogP contribution in [0.1, 0.15) is 22.3 Å². The van der Waals surface area contributed by atoms with Crippen molar-refractivity contribution in [2.24, 2.45) is 0 Å². The van der Waals surface area contributed by atoms with E-state index in [1.807, 2.05) is 50.5 Å². The van der Waals surface area contributed by atoms with Crippen molar-refractivity contribution in [1.82, 2.24) is 14.9 Å². The molecular weight excluding hydrogens is 530 g/mol. The van der Waals surface area contributed by atoms with E-state index in [0.717, 1.165) is 40.4 Å². The molecule has 0 fully saturated rings. The number of methoxy groups -OCH3 is 1. The van der Waals surface area contributed by atoms with Gasteiger partial charge in [-0.1, -0.05) is 24.3 Å². The molecule has 0 aliphatic heterocycles. The maximum atomic E-state index is 12.6. The molecule has 0 bridgehead atoms. The van der Waals surface area contributed by atoms with Gasteiger partial charge in [0.1, 0.15) is 23.9 Å². The molecule has 42 heavy (non-hydrogen) atoms. The summed E-state index contributed by atoms with van der Waals surface area (Å²) in [6.07, 6.45) is 1.46. The van der Waals surface area contributed by atoms with Gasteiger partial charge in [0, 0.05) is 30.4 Å². The summed E-state index contributed by atoms with van der Waals surface area (Å²) in [6.45, 7) is 8.00. The van der Waals surface area contributed by atoms with E-state index in [1.54, 1.807) is 19.4 Å². The molecule has 1 heterocycles. The second kappa shape index (κ2) is 14.3. The number of carbonyl (C=O) groups is 1. The number of anilines is 3. The number of carbonyl (C=O) groups excluding carboxylic acids is 1. The fourth-order valence-electron chi connectivity index (χ4n) is 4.50. The molecule has 4 aromatic rings. The molecule has 1 amide bonds. The summed E-state index contributed by atoms with van der Waals surface area (Å²) in [5.74, 6) is 2.21. The Labute approximate surface area is 247 Å². The number of nitrogens with zero attached hydrogens (tertiary/aromatic N) is 3. The zero-order valence-electron chi connectivity index (χ0n) is 25.2. The van der Waals surface area contributed by atoms with Gasteiger partial charge < -0.3 is 24.4 Å². The molecule has 0 aliphatic carbocycles. The van der Waals surface area contributed by atoms with E-state index in [2.05, 4.69) is 64.5 Å². The number of nitrogens with one attached hydrogen (secondary N) is 2. The van der Waals surface area contributed by atoms with Crippen LogP contribution in [0, 0.1) is 20.8 Å². The number of aryl methyl sites for hydroxylation is 1. The van der Waals surface area contributed by atoms with Crippen LogP contribution < -0.4 is 20.1 Å². The Kier molecular flexibility index (Phi) is 10.3. The topological polar surface area (TPSA) is 97.8 Å². The van der Waals surface area contributed by atoms with Crippen molar-refractivity contribution < 1.29 is 19.0 Å². The summed E-state index contributed by atoms with van der Waals surface area (Å²) in [6, 6.07) is 19.4. The van der Waals surface area contributed by atoms with Crippen molar-refractivity contribution in [3.63, 3.8) is 0 Å². The fourth-order valence-corrected chi connectivity index (χ4v) is 4.50. The molecule has 0 saturated heterocycles. The highest BCUT2D eigenvalue weighted by molar-refractivity contribution is 5.83. The second-order valence-corrected chi connectivity index (χ2v) is 10.2. The molecule has 220 valence electrons. The predicted molar refractivity (Wildman–Crippen MR) is 167 cm³/mol. The monoisotopic (exact) mass is 569 g/mol. The Morgan fingerprint density at radius 3 is 2.43 bits per heavy atom. The van der Waals surface area contributed by atoms with E-state index in [4.69, 9.17) is 14.2 Å². The summed E-state index contributed by atoms with van der Waals surface area (Å²) in [7, 11) is 5.66. The minimum atomic E-state index is -0.599. The molecule has 4 rings (SSSR count). The number of rotatable bonds is 12. The first-order valence-corrected chi connectivity index (χ1v) is 13.9. The predicted octanol–water partition coefficient (Wildman–Crippen LogP) is 6.55. The highest BCUT2D eigenvalue weighted by Gasteiger charge is 2.15. The minimum Gasteiger partial charge on any atom is -0.496 e. The summed E-state index contributed by atoms with van der Waals surface area (Å²) in [5.41, 5.74) is 7.73. The van der Waals surface area contributed by atoms with Crippen LogP contribution in [-0.2, 0) is 11.2 Å². The Morgan fingerprint density at radius 1 is 0.905 bits per heavy atom. The molecule has 0 unspecified atom stereocenters. The molecule has 2 N–H and O–H groups in total. The number of likely N-dealkylation sites (N-methyl/N-ethyl adjacent to an activating group) is 1. The van der Waals surface area contributed by atoms with E-state index < -0.39 is 6.09 Å². The van der Waals surface area contributed by atoms with Crippen molar-refractivity contribution in [2.45, 2.75) is 27.2 Å². The summed E-state index contributed by atoms with van der Waals surface area (Å²) >= 11 is 0. The smallest absolute Gasteiger partial charge is 0.412 e. The van der Waals surface area contributed by atoms with Crippen molar-refractivity contribution in [1.29, 1.82) is 0 Å². The van der Waals surface area contributed by atoms with Gasteiger partial charge in [0.05, 0.1) is 13.7 Å². The summed E-state index contributed by atoms with van der Waals surface area (Å²) in [4.78, 5) is 23.3. The third-order valence-electron chi connectivity index (χ3n) is 7.09. The second-order valence-electron chi connectivity index (χ2n) is 10.2. The summed E-state index contributed by atoms with van der Waals surface area (Å²) < 4.78 is 16.9. The van der Waals surface area contributed by atoms with Gasteiger partial charge in [-0.2, -0.15) is 4.98 Å². The van der Waals surface area contributed by atoms with Crippen LogP contribution in [0.4, 0.5) is 22.2 Å².